The van der Waals surface area contributed by atoms with Crippen LogP contribution in [-0.2, 0) is 4.79 Å². The average molecular weight is 339 g/mol. The molecule has 0 saturated heterocycles. The minimum Gasteiger partial charge on any atom is -0.473 e. The second-order valence-corrected chi connectivity index (χ2v) is 5.76. The highest BCUT2D eigenvalue weighted by atomic mass is 16.5. The number of amides is 2. The highest BCUT2D eigenvalue weighted by Crippen LogP contribution is 2.24. The van der Waals surface area contributed by atoms with Crippen LogP contribution in [0.5, 0.6) is 5.88 Å². The van der Waals surface area contributed by atoms with Crippen LogP contribution in [0.15, 0.2) is 49.2 Å². The highest BCUT2D eigenvalue weighted by molar-refractivity contribution is 6.06. The van der Waals surface area contributed by atoms with E-state index in [9.17, 15) is 9.59 Å². The number of nitrogens with one attached hydrogen (secondary N) is 2. The molecule has 0 spiro atoms. The van der Waals surface area contributed by atoms with Gasteiger partial charge in [-0.05, 0) is 56.7 Å². The summed E-state index contributed by atoms with van der Waals surface area (Å²) in [6, 6.07) is 8.42. The monoisotopic (exact) mass is 339 g/mol. The SMILES string of the molecule is C=CC(=O)Nc1cccc(C(=O)Nc2cc(C)cnc2OC(C)C)c1. The van der Waals surface area contributed by atoms with Crippen LogP contribution >= 0.6 is 0 Å². The molecule has 1 heterocycles. The first-order valence-electron chi connectivity index (χ1n) is 7.87. The number of hydrogen-bond acceptors (Lipinski definition) is 4. The molecular formula is C19H21N3O3. The molecule has 2 aromatic rings. The molecule has 0 aliphatic carbocycles. The minimum atomic E-state index is -0.340. The third kappa shape index (κ3) is 5.17. The number of hydrogen-bond donors (Lipinski definition) is 2. The van der Waals surface area contributed by atoms with Gasteiger partial charge in [-0.25, -0.2) is 4.98 Å². The first kappa shape index (κ1) is 18.2. The van der Waals surface area contributed by atoms with Crippen molar-refractivity contribution in [3.05, 3.63) is 60.3 Å². The molecule has 6 nitrogen and oxygen atoms in total. The zero-order valence-electron chi connectivity index (χ0n) is 14.5. The molecule has 1 aromatic heterocycles. The van der Waals surface area contributed by atoms with Gasteiger partial charge in [0.15, 0.2) is 0 Å². The molecule has 2 N–H and O–H groups in total. The Labute approximate surface area is 146 Å². The molecule has 2 rings (SSSR count). The third-order valence-corrected chi connectivity index (χ3v) is 3.16. The Morgan fingerprint density at radius 1 is 1.24 bits per heavy atom. The summed E-state index contributed by atoms with van der Waals surface area (Å²) in [6.45, 7) is 9.06. The second-order valence-electron chi connectivity index (χ2n) is 5.76. The molecule has 6 heteroatoms. The minimum absolute atomic E-state index is 0.0664. The zero-order chi connectivity index (χ0) is 18.4. The Balaban J connectivity index is 2.22. The summed E-state index contributed by atoms with van der Waals surface area (Å²) in [5.74, 6) is -0.297. The fraction of sp³-hybridized carbons (Fsp3) is 0.211. The van der Waals surface area contributed by atoms with Gasteiger partial charge < -0.3 is 15.4 Å². The van der Waals surface area contributed by atoms with E-state index in [4.69, 9.17) is 4.74 Å². The largest absolute Gasteiger partial charge is 0.473 e. The summed E-state index contributed by atoms with van der Waals surface area (Å²) < 4.78 is 5.63. The van der Waals surface area contributed by atoms with Crippen LogP contribution in [0.3, 0.4) is 0 Å². The zero-order valence-corrected chi connectivity index (χ0v) is 14.5. The average Bonchev–Trinajstić information content (AvgIpc) is 2.57. The van der Waals surface area contributed by atoms with Gasteiger partial charge in [-0.1, -0.05) is 12.6 Å². The van der Waals surface area contributed by atoms with Gasteiger partial charge in [-0.15, -0.1) is 0 Å². The van der Waals surface area contributed by atoms with Crippen molar-refractivity contribution in [2.45, 2.75) is 26.9 Å². The number of carbonyl (C=O) groups is 2. The van der Waals surface area contributed by atoms with Crippen molar-refractivity contribution in [1.82, 2.24) is 4.98 Å². The van der Waals surface area contributed by atoms with Crippen LogP contribution in [0.1, 0.15) is 29.8 Å². The van der Waals surface area contributed by atoms with Crippen molar-refractivity contribution in [1.29, 1.82) is 0 Å². The number of rotatable bonds is 6. The Kier molecular flexibility index (Phi) is 5.89. The van der Waals surface area contributed by atoms with Gasteiger partial charge in [0.25, 0.3) is 5.91 Å². The summed E-state index contributed by atoms with van der Waals surface area (Å²) in [6.07, 6.45) is 2.78. The van der Waals surface area contributed by atoms with Crippen LogP contribution in [0.2, 0.25) is 0 Å². The fourth-order valence-corrected chi connectivity index (χ4v) is 2.09. The van der Waals surface area contributed by atoms with E-state index in [1.54, 1.807) is 36.5 Å². The summed E-state index contributed by atoms with van der Waals surface area (Å²) in [4.78, 5) is 28.2. The van der Waals surface area contributed by atoms with E-state index in [1.165, 1.54) is 6.08 Å². The Bertz CT molecular complexity index is 800. The number of nitrogens with zero attached hydrogens (tertiary/aromatic N) is 1. The number of carbonyl (C=O) groups excluding carboxylic acids is 2. The number of aryl methyl sites for hydroxylation is 1. The van der Waals surface area contributed by atoms with E-state index in [-0.39, 0.29) is 17.9 Å². The summed E-state index contributed by atoms with van der Waals surface area (Å²) in [7, 11) is 0. The predicted molar refractivity (Wildman–Crippen MR) is 98.0 cm³/mol. The first-order valence-corrected chi connectivity index (χ1v) is 7.87. The lowest BCUT2D eigenvalue weighted by atomic mass is 10.1. The fourth-order valence-electron chi connectivity index (χ4n) is 2.09. The summed E-state index contributed by atoms with van der Waals surface area (Å²) in [5, 5.41) is 5.43. The Hall–Kier alpha value is -3.15. The molecule has 130 valence electrons. The van der Waals surface area contributed by atoms with Gasteiger partial charge in [0.1, 0.15) is 5.69 Å². The third-order valence-electron chi connectivity index (χ3n) is 3.16. The molecule has 0 aliphatic rings. The van der Waals surface area contributed by atoms with E-state index in [0.717, 1.165) is 5.56 Å². The van der Waals surface area contributed by atoms with Gasteiger partial charge in [-0.3, -0.25) is 9.59 Å². The van der Waals surface area contributed by atoms with Crippen LogP contribution in [0, 0.1) is 6.92 Å². The smallest absolute Gasteiger partial charge is 0.255 e. The molecule has 1 aromatic carbocycles. The maximum Gasteiger partial charge on any atom is 0.255 e. The predicted octanol–water partition coefficient (Wildman–Crippen LogP) is 3.55. The van der Waals surface area contributed by atoms with Crippen molar-refractivity contribution < 1.29 is 14.3 Å². The second kappa shape index (κ2) is 8.10. The molecule has 0 bridgehead atoms. The number of benzene rings is 1. The number of aromatic nitrogens is 1. The van der Waals surface area contributed by atoms with Crippen LogP contribution in [0.4, 0.5) is 11.4 Å². The number of pyridine rings is 1. The Morgan fingerprint density at radius 3 is 2.68 bits per heavy atom. The molecule has 0 unspecified atom stereocenters. The van der Waals surface area contributed by atoms with Crippen LogP contribution < -0.4 is 15.4 Å². The van der Waals surface area contributed by atoms with Crippen molar-refractivity contribution in [2.75, 3.05) is 10.6 Å². The standard InChI is InChI=1S/C19H21N3O3/c1-5-17(23)21-15-8-6-7-14(10-15)18(24)22-16-9-13(4)11-20-19(16)25-12(2)3/h5-12H,1H2,2-4H3,(H,21,23)(H,22,24). The molecule has 0 aliphatic heterocycles. The van der Waals surface area contributed by atoms with E-state index in [1.807, 2.05) is 20.8 Å². The number of ether oxygens (including phenoxy) is 1. The van der Waals surface area contributed by atoms with E-state index >= 15 is 0 Å². The Morgan fingerprint density at radius 2 is 2.00 bits per heavy atom. The maximum absolute atomic E-state index is 12.5. The van der Waals surface area contributed by atoms with Crippen LogP contribution in [0.25, 0.3) is 0 Å². The summed E-state index contributed by atoms with van der Waals surface area (Å²) >= 11 is 0. The van der Waals surface area contributed by atoms with E-state index < -0.39 is 0 Å². The van der Waals surface area contributed by atoms with Gasteiger partial charge in [0.05, 0.1) is 6.10 Å². The molecule has 0 saturated carbocycles. The normalized spacial score (nSPS) is 10.2. The number of anilines is 2. The maximum atomic E-state index is 12.5. The quantitative estimate of drug-likeness (QED) is 0.789. The lowest BCUT2D eigenvalue weighted by molar-refractivity contribution is -0.111. The van der Waals surface area contributed by atoms with Gasteiger partial charge in [0, 0.05) is 17.4 Å². The van der Waals surface area contributed by atoms with Crippen LogP contribution in [-0.4, -0.2) is 22.9 Å². The lowest BCUT2D eigenvalue weighted by Gasteiger charge is -2.14. The molecule has 25 heavy (non-hydrogen) atoms. The molecule has 0 atom stereocenters. The lowest BCUT2D eigenvalue weighted by Crippen LogP contribution is -2.16. The highest BCUT2D eigenvalue weighted by Gasteiger charge is 2.13. The van der Waals surface area contributed by atoms with E-state index in [0.29, 0.717) is 22.8 Å². The van der Waals surface area contributed by atoms with Gasteiger partial charge >= 0.3 is 0 Å². The van der Waals surface area contributed by atoms with Gasteiger partial charge in [0.2, 0.25) is 11.8 Å². The molecule has 0 fully saturated rings. The van der Waals surface area contributed by atoms with Crippen molar-refractivity contribution in [2.24, 2.45) is 0 Å². The molecular weight excluding hydrogens is 318 g/mol. The van der Waals surface area contributed by atoms with Crippen molar-refractivity contribution >= 4 is 23.2 Å². The topological polar surface area (TPSA) is 80.3 Å². The summed E-state index contributed by atoms with van der Waals surface area (Å²) in [5.41, 5.74) is 2.31. The molecule has 2 amide bonds. The van der Waals surface area contributed by atoms with Gasteiger partial charge in [-0.2, -0.15) is 0 Å². The molecule has 0 radical (unpaired) electrons. The van der Waals surface area contributed by atoms with E-state index in [2.05, 4.69) is 22.2 Å². The first-order chi connectivity index (χ1) is 11.9. The van der Waals surface area contributed by atoms with Crippen molar-refractivity contribution in [3.63, 3.8) is 0 Å². The van der Waals surface area contributed by atoms with Crippen molar-refractivity contribution in [3.8, 4) is 5.88 Å².